The fourth-order valence-corrected chi connectivity index (χ4v) is 3.36. The number of rotatable bonds is 5. The number of aliphatic hydroxyl groups is 2. The molecule has 5 atom stereocenters. The van der Waals surface area contributed by atoms with Crippen LogP contribution in [0.2, 0.25) is 0 Å². The standard InChI is InChI=1S/C12H17N4O8P/c1-5(24-25(20,21)22)2-6-8(17)9(18)12(23-6)16-4-15-7-10(16)13-3-14-11(7)19/h3-6,8-9,12,17-18H,2H2,1H3,(H,13,14,19)(H2,20,21,22)/t5?,6?,8?,9-,12-/m1/s1. The lowest BCUT2D eigenvalue weighted by Crippen LogP contribution is -2.33. The second-order valence-electron chi connectivity index (χ2n) is 5.74. The molecule has 0 spiro atoms. The molecule has 0 saturated carbocycles. The van der Waals surface area contributed by atoms with Gasteiger partial charge in [0.05, 0.1) is 24.9 Å². The van der Waals surface area contributed by atoms with Gasteiger partial charge in [0, 0.05) is 6.42 Å². The molecule has 0 bridgehead atoms. The number of phosphoric ester groups is 1. The fourth-order valence-electron chi connectivity index (χ4n) is 2.81. The molecule has 3 rings (SSSR count). The highest BCUT2D eigenvalue weighted by atomic mass is 31.2. The van der Waals surface area contributed by atoms with Crippen LogP contribution in [-0.4, -0.2) is 63.9 Å². The van der Waals surface area contributed by atoms with E-state index in [0.717, 1.165) is 0 Å². The lowest BCUT2D eigenvalue weighted by atomic mass is 10.1. The molecule has 1 aliphatic heterocycles. The maximum atomic E-state index is 11.7. The molecule has 2 aromatic heterocycles. The normalized spacial score (nSPS) is 28.5. The Morgan fingerprint density at radius 1 is 1.40 bits per heavy atom. The van der Waals surface area contributed by atoms with E-state index in [0.29, 0.717) is 0 Å². The summed E-state index contributed by atoms with van der Waals surface area (Å²) in [6.07, 6.45) is -3.26. The summed E-state index contributed by atoms with van der Waals surface area (Å²) in [5, 5.41) is 20.4. The fraction of sp³-hybridized carbons (Fsp3) is 0.583. The largest absolute Gasteiger partial charge is 0.469 e. The second kappa shape index (κ2) is 6.57. The number of fused-ring (bicyclic) bond motifs is 1. The molecule has 0 radical (unpaired) electrons. The third-order valence-corrected chi connectivity index (χ3v) is 4.49. The number of phosphoric acid groups is 1. The van der Waals surface area contributed by atoms with E-state index in [2.05, 4.69) is 19.5 Å². The maximum Gasteiger partial charge on any atom is 0.469 e. The predicted octanol–water partition coefficient (Wildman–Crippen LogP) is -1.37. The minimum atomic E-state index is -4.68. The van der Waals surface area contributed by atoms with Gasteiger partial charge in [-0.2, -0.15) is 0 Å². The Balaban J connectivity index is 1.81. The molecular formula is C12H17N4O8P. The van der Waals surface area contributed by atoms with Gasteiger partial charge in [0.25, 0.3) is 5.56 Å². The molecule has 0 aromatic carbocycles. The number of aliphatic hydroxyl groups excluding tert-OH is 2. The van der Waals surface area contributed by atoms with Gasteiger partial charge >= 0.3 is 7.82 Å². The van der Waals surface area contributed by atoms with Gasteiger partial charge in [-0.1, -0.05) is 0 Å². The lowest BCUT2D eigenvalue weighted by Gasteiger charge is -2.19. The molecule has 12 nitrogen and oxygen atoms in total. The van der Waals surface area contributed by atoms with Crippen molar-refractivity contribution in [3.8, 4) is 0 Å². The number of aromatic nitrogens is 4. The van der Waals surface area contributed by atoms with Gasteiger partial charge in [0.2, 0.25) is 0 Å². The summed E-state index contributed by atoms with van der Waals surface area (Å²) < 4.78 is 22.3. The highest BCUT2D eigenvalue weighted by molar-refractivity contribution is 7.46. The van der Waals surface area contributed by atoms with Crippen molar-refractivity contribution in [3.05, 3.63) is 23.0 Å². The Labute approximate surface area is 140 Å². The van der Waals surface area contributed by atoms with E-state index < -0.39 is 44.0 Å². The number of imidazole rings is 1. The highest BCUT2D eigenvalue weighted by Crippen LogP contribution is 2.40. The number of hydrogen-bond donors (Lipinski definition) is 5. The molecule has 3 unspecified atom stereocenters. The molecule has 1 fully saturated rings. The van der Waals surface area contributed by atoms with Crippen molar-refractivity contribution in [2.45, 2.75) is 44.0 Å². The van der Waals surface area contributed by atoms with Crippen LogP contribution in [0.1, 0.15) is 19.6 Å². The number of H-pyrrole nitrogens is 1. The number of hydrogen-bond acceptors (Lipinski definition) is 8. The van der Waals surface area contributed by atoms with E-state index in [9.17, 15) is 19.6 Å². The average Bonchev–Trinajstić information content (AvgIpc) is 3.03. The van der Waals surface area contributed by atoms with Crippen LogP contribution in [0, 0.1) is 0 Å². The van der Waals surface area contributed by atoms with Gasteiger partial charge < -0.3 is 29.7 Å². The van der Waals surface area contributed by atoms with Gasteiger partial charge in [0.1, 0.15) is 12.2 Å². The van der Waals surface area contributed by atoms with Crippen LogP contribution in [0.4, 0.5) is 0 Å². The smallest absolute Gasteiger partial charge is 0.388 e. The number of nitrogens with zero attached hydrogens (tertiary/aromatic N) is 3. The van der Waals surface area contributed by atoms with Crippen LogP contribution in [0.25, 0.3) is 11.2 Å². The van der Waals surface area contributed by atoms with Crippen molar-refractivity contribution in [3.63, 3.8) is 0 Å². The van der Waals surface area contributed by atoms with Gasteiger partial charge in [-0.05, 0) is 6.92 Å². The molecule has 0 amide bonds. The number of nitrogens with one attached hydrogen (secondary N) is 1. The number of aromatic amines is 1. The van der Waals surface area contributed by atoms with Crippen molar-refractivity contribution >= 4 is 19.0 Å². The third kappa shape index (κ3) is 3.65. The quantitative estimate of drug-likeness (QED) is 0.391. The van der Waals surface area contributed by atoms with Crippen LogP contribution < -0.4 is 5.56 Å². The van der Waals surface area contributed by atoms with E-state index >= 15 is 0 Å². The molecular weight excluding hydrogens is 359 g/mol. The molecule has 2 aromatic rings. The van der Waals surface area contributed by atoms with E-state index in [1.165, 1.54) is 24.1 Å². The van der Waals surface area contributed by atoms with E-state index in [1.54, 1.807) is 0 Å². The van der Waals surface area contributed by atoms with Crippen LogP contribution in [0.15, 0.2) is 17.4 Å². The first-order chi connectivity index (χ1) is 11.7. The summed E-state index contributed by atoms with van der Waals surface area (Å²) in [6, 6.07) is 0. The Kier molecular flexibility index (Phi) is 4.77. The summed E-state index contributed by atoms with van der Waals surface area (Å²) in [5.41, 5.74) is -0.244. The molecule has 1 aliphatic rings. The van der Waals surface area contributed by atoms with Gasteiger partial charge in [-0.25, -0.2) is 14.5 Å². The number of ether oxygens (including phenoxy) is 1. The van der Waals surface area contributed by atoms with E-state index in [-0.39, 0.29) is 17.6 Å². The monoisotopic (exact) mass is 376 g/mol. The molecule has 0 aliphatic carbocycles. The zero-order chi connectivity index (χ0) is 18.4. The SMILES string of the molecule is CC(CC1O[C@@H](n2cnc3c(=O)[nH]cnc32)[C@H](O)C1O)OP(=O)(O)O. The topological polar surface area (TPSA) is 180 Å². The maximum absolute atomic E-state index is 11.7. The molecule has 1 saturated heterocycles. The summed E-state index contributed by atoms with van der Waals surface area (Å²) in [5.74, 6) is 0. The van der Waals surface area contributed by atoms with Crippen molar-refractivity contribution in [2.24, 2.45) is 0 Å². The molecule has 5 N–H and O–H groups in total. The van der Waals surface area contributed by atoms with Gasteiger partial charge in [-0.3, -0.25) is 13.9 Å². The first-order valence-electron chi connectivity index (χ1n) is 7.33. The minimum absolute atomic E-state index is 0.0504. The average molecular weight is 376 g/mol. The molecule has 3 heterocycles. The van der Waals surface area contributed by atoms with Crippen LogP contribution >= 0.6 is 7.82 Å². The highest BCUT2D eigenvalue weighted by Gasteiger charge is 2.45. The Morgan fingerprint density at radius 3 is 2.80 bits per heavy atom. The molecule has 13 heteroatoms. The zero-order valence-electron chi connectivity index (χ0n) is 13.0. The summed E-state index contributed by atoms with van der Waals surface area (Å²) in [6.45, 7) is 1.41. The van der Waals surface area contributed by atoms with E-state index in [1.807, 2.05) is 0 Å². The first kappa shape index (κ1) is 18.1. The Hall–Kier alpha value is -1.66. The van der Waals surface area contributed by atoms with E-state index in [4.69, 9.17) is 14.5 Å². The Morgan fingerprint density at radius 2 is 2.12 bits per heavy atom. The summed E-state index contributed by atoms with van der Waals surface area (Å²) in [4.78, 5) is 39.6. The van der Waals surface area contributed by atoms with Crippen molar-refractivity contribution in [2.75, 3.05) is 0 Å². The van der Waals surface area contributed by atoms with Crippen molar-refractivity contribution < 1.29 is 33.8 Å². The van der Waals surface area contributed by atoms with Crippen molar-refractivity contribution in [1.82, 2.24) is 19.5 Å². The summed E-state index contributed by atoms with van der Waals surface area (Å²) in [7, 11) is -4.68. The van der Waals surface area contributed by atoms with Crippen LogP contribution in [-0.2, 0) is 13.8 Å². The molecule has 25 heavy (non-hydrogen) atoms. The van der Waals surface area contributed by atoms with Crippen LogP contribution in [0.5, 0.6) is 0 Å². The first-order valence-corrected chi connectivity index (χ1v) is 8.86. The van der Waals surface area contributed by atoms with Crippen LogP contribution in [0.3, 0.4) is 0 Å². The second-order valence-corrected chi connectivity index (χ2v) is 6.94. The zero-order valence-corrected chi connectivity index (χ0v) is 13.9. The Bertz CT molecular complexity index is 862. The van der Waals surface area contributed by atoms with Crippen molar-refractivity contribution in [1.29, 1.82) is 0 Å². The predicted molar refractivity (Wildman–Crippen MR) is 81.3 cm³/mol. The summed E-state index contributed by atoms with van der Waals surface area (Å²) >= 11 is 0. The molecule has 138 valence electrons. The van der Waals surface area contributed by atoms with Gasteiger partial charge in [-0.15, -0.1) is 0 Å². The van der Waals surface area contributed by atoms with Gasteiger partial charge in [0.15, 0.2) is 17.4 Å². The lowest BCUT2D eigenvalue weighted by molar-refractivity contribution is -0.0467. The minimum Gasteiger partial charge on any atom is -0.388 e. The third-order valence-electron chi connectivity index (χ3n) is 3.86.